The highest BCUT2D eigenvalue weighted by atomic mass is 16.4. The van der Waals surface area contributed by atoms with Crippen molar-refractivity contribution in [2.75, 3.05) is 20.6 Å². The van der Waals surface area contributed by atoms with Gasteiger partial charge in [-0.3, -0.25) is 4.79 Å². The van der Waals surface area contributed by atoms with Crippen molar-refractivity contribution in [1.82, 2.24) is 15.5 Å². The third-order valence-corrected chi connectivity index (χ3v) is 3.23. The van der Waals surface area contributed by atoms with E-state index >= 15 is 0 Å². The molecule has 0 spiro atoms. The van der Waals surface area contributed by atoms with E-state index in [1.807, 2.05) is 0 Å². The molecule has 3 amide bonds. The molecule has 0 radical (unpaired) electrons. The van der Waals surface area contributed by atoms with Crippen LogP contribution >= 0.6 is 0 Å². The van der Waals surface area contributed by atoms with Crippen LogP contribution in [0, 0.1) is 11.8 Å². The van der Waals surface area contributed by atoms with Crippen LogP contribution in [0.3, 0.4) is 0 Å². The van der Waals surface area contributed by atoms with Gasteiger partial charge in [-0.1, -0.05) is 6.92 Å². The standard InChI is InChI=1S/C12H21N3O4/c1-7(10(16)13-2)6-15(3)12(19)14-9(11(17)18)8-4-5-8/h7-9H,4-6H2,1-3H3,(H,13,16)(H,14,19)(H,17,18). The van der Waals surface area contributed by atoms with Gasteiger partial charge >= 0.3 is 12.0 Å². The quantitative estimate of drug-likeness (QED) is 0.627. The molecule has 1 aliphatic carbocycles. The molecule has 0 heterocycles. The van der Waals surface area contributed by atoms with Crippen LogP contribution in [0.15, 0.2) is 0 Å². The van der Waals surface area contributed by atoms with Crippen LogP contribution in [0.25, 0.3) is 0 Å². The van der Waals surface area contributed by atoms with Gasteiger partial charge < -0.3 is 20.6 Å². The topological polar surface area (TPSA) is 98.7 Å². The summed E-state index contributed by atoms with van der Waals surface area (Å²) in [5.41, 5.74) is 0. The maximum absolute atomic E-state index is 11.9. The van der Waals surface area contributed by atoms with Crippen LogP contribution in [-0.4, -0.2) is 54.6 Å². The van der Waals surface area contributed by atoms with Gasteiger partial charge in [0.1, 0.15) is 6.04 Å². The zero-order chi connectivity index (χ0) is 14.6. The molecule has 0 bridgehead atoms. The Balaban J connectivity index is 2.47. The lowest BCUT2D eigenvalue weighted by atomic mass is 10.1. The Hall–Kier alpha value is -1.79. The first kappa shape index (κ1) is 15.3. The molecule has 0 saturated heterocycles. The number of nitrogens with zero attached hydrogens (tertiary/aromatic N) is 1. The van der Waals surface area contributed by atoms with E-state index < -0.39 is 18.0 Å². The maximum atomic E-state index is 11.9. The molecule has 1 aliphatic rings. The minimum Gasteiger partial charge on any atom is -0.480 e. The van der Waals surface area contributed by atoms with Crippen molar-refractivity contribution in [1.29, 1.82) is 0 Å². The second-order valence-corrected chi connectivity index (χ2v) is 5.00. The molecule has 0 aliphatic heterocycles. The Morgan fingerprint density at radius 1 is 1.37 bits per heavy atom. The summed E-state index contributed by atoms with van der Waals surface area (Å²) < 4.78 is 0. The van der Waals surface area contributed by atoms with E-state index in [4.69, 9.17) is 5.11 Å². The predicted molar refractivity (Wildman–Crippen MR) is 68.5 cm³/mol. The van der Waals surface area contributed by atoms with Crippen LogP contribution in [-0.2, 0) is 9.59 Å². The summed E-state index contributed by atoms with van der Waals surface area (Å²) in [6, 6.07) is -1.29. The molecule has 19 heavy (non-hydrogen) atoms. The van der Waals surface area contributed by atoms with E-state index in [0.717, 1.165) is 12.8 Å². The van der Waals surface area contributed by atoms with Crippen LogP contribution in [0.5, 0.6) is 0 Å². The number of rotatable bonds is 6. The normalized spacial score (nSPS) is 17.2. The van der Waals surface area contributed by atoms with E-state index in [1.54, 1.807) is 14.0 Å². The number of hydrogen-bond donors (Lipinski definition) is 3. The van der Waals surface area contributed by atoms with E-state index in [1.165, 1.54) is 11.9 Å². The van der Waals surface area contributed by atoms with Crippen LogP contribution in [0.2, 0.25) is 0 Å². The van der Waals surface area contributed by atoms with Gasteiger partial charge in [0.05, 0.1) is 5.92 Å². The van der Waals surface area contributed by atoms with Crippen molar-refractivity contribution in [3.05, 3.63) is 0 Å². The van der Waals surface area contributed by atoms with Crippen molar-refractivity contribution in [2.24, 2.45) is 11.8 Å². The molecule has 7 heteroatoms. The SMILES string of the molecule is CNC(=O)C(C)CN(C)C(=O)NC(C(=O)O)C1CC1. The fourth-order valence-corrected chi connectivity index (χ4v) is 1.88. The molecule has 0 aromatic rings. The Morgan fingerprint density at radius 2 is 1.95 bits per heavy atom. The summed E-state index contributed by atoms with van der Waals surface area (Å²) in [5, 5.41) is 14.0. The minimum absolute atomic E-state index is 0.0335. The van der Waals surface area contributed by atoms with E-state index in [0.29, 0.717) is 0 Å². The van der Waals surface area contributed by atoms with Crippen LogP contribution in [0.4, 0.5) is 4.79 Å². The van der Waals surface area contributed by atoms with Crippen molar-refractivity contribution in [3.63, 3.8) is 0 Å². The van der Waals surface area contributed by atoms with Crippen molar-refractivity contribution < 1.29 is 19.5 Å². The highest BCUT2D eigenvalue weighted by Gasteiger charge is 2.37. The zero-order valence-corrected chi connectivity index (χ0v) is 11.5. The van der Waals surface area contributed by atoms with Crippen molar-refractivity contribution in [3.8, 4) is 0 Å². The first-order valence-corrected chi connectivity index (χ1v) is 6.32. The minimum atomic E-state index is -1.01. The number of hydrogen-bond acceptors (Lipinski definition) is 3. The zero-order valence-electron chi connectivity index (χ0n) is 11.5. The van der Waals surface area contributed by atoms with Crippen LogP contribution < -0.4 is 10.6 Å². The lowest BCUT2D eigenvalue weighted by Gasteiger charge is -2.23. The summed E-state index contributed by atoms with van der Waals surface area (Å²) >= 11 is 0. The summed E-state index contributed by atoms with van der Waals surface area (Å²) in [4.78, 5) is 35.6. The van der Waals surface area contributed by atoms with E-state index in [2.05, 4.69) is 10.6 Å². The lowest BCUT2D eigenvalue weighted by Crippen LogP contribution is -2.49. The van der Waals surface area contributed by atoms with Gasteiger partial charge in [-0.05, 0) is 18.8 Å². The van der Waals surface area contributed by atoms with E-state index in [9.17, 15) is 14.4 Å². The van der Waals surface area contributed by atoms with Gasteiger partial charge in [0.2, 0.25) is 5.91 Å². The predicted octanol–water partition coefficient (Wildman–Crippen LogP) is -0.127. The Bertz CT molecular complexity index is 368. The number of carboxylic acids is 1. The molecule has 2 atom stereocenters. The Kier molecular flexibility index (Phi) is 5.14. The number of urea groups is 1. The fraction of sp³-hybridized carbons (Fsp3) is 0.750. The summed E-state index contributed by atoms with van der Waals surface area (Å²) in [6.07, 6.45) is 1.66. The van der Waals surface area contributed by atoms with Gasteiger partial charge in [0.25, 0.3) is 0 Å². The van der Waals surface area contributed by atoms with Gasteiger partial charge in [-0.15, -0.1) is 0 Å². The van der Waals surface area contributed by atoms with Crippen molar-refractivity contribution in [2.45, 2.75) is 25.8 Å². The van der Waals surface area contributed by atoms with Gasteiger partial charge in [0.15, 0.2) is 0 Å². The molecule has 0 aromatic heterocycles. The average molecular weight is 271 g/mol. The van der Waals surface area contributed by atoms with Crippen molar-refractivity contribution >= 4 is 17.9 Å². The molecular formula is C12H21N3O4. The summed E-state index contributed by atoms with van der Waals surface area (Å²) in [5.74, 6) is -1.48. The molecule has 1 rings (SSSR count). The molecule has 1 saturated carbocycles. The second kappa shape index (κ2) is 6.40. The molecule has 1 fully saturated rings. The number of carbonyl (C=O) groups excluding carboxylic acids is 2. The monoisotopic (exact) mass is 271 g/mol. The molecular weight excluding hydrogens is 250 g/mol. The molecule has 108 valence electrons. The number of aliphatic carboxylic acids is 1. The van der Waals surface area contributed by atoms with Gasteiger partial charge in [-0.2, -0.15) is 0 Å². The number of carbonyl (C=O) groups is 3. The molecule has 7 nitrogen and oxygen atoms in total. The van der Waals surface area contributed by atoms with Gasteiger partial charge in [-0.25, -0.2) is 9.59 Å². The van der Waals surface area contributed by atoms with E-state index in [-0.39, 0.29) is 24.3 Å². The molecule has 2 unspecified atom stereocenters. The highest BCUT2D eigenvalue weighted by molar-refractivity contribution is 5.83. The van der Waals surface area contributed by atoms with Gasteiger partial charge in [0, 0.05) is 20.6 Å². The lowest BCUT2D eigenvalue weighted by molar-refractivity contribution is -0.139. The molecule has 3 N–H and O–H groups in total. The second-order valence-electron chi connectivity index (χ2n) is 5.00. The third kappa shape index (κ3) is 4.42. The number of nitrogens with one attached hydrogen (secondary N) is 2. The third-order valence-electron chi connectivity index (χ3n) is 3.23. The Morgan fingerprint density at radius 3 is 2.37 bits per heavy atom. The fourth-order valence-electron chi connectivity index (χ4n) is 1.88. The maximum Gasteiger partial charge on any atom is 0.326 e. The molecule has 0 aromatic carbocycles. The highest BCUT2D eigenvalue weighted by Crippen LogP contribution is 2.32. The summed E-state index contributed by atoms with van der Waals surface area (Å²) in [6.45, 7) is 1.95. The smallest absolute Gasteiger partial charge is 0.326 e. The Labute approximate surface area is 112 Å². The number of carboxylic acid groups (broad SMARTS) is 1. The first-order valence-electron chi connectivity index (χ1n) is 6.32. The largest absolute Gasteiger partial charge is 0.480 e. The van der Waals surface area contributed by atoms with Crippen LogP contribution in [0.1, 0.15) is 19.8 Å². The first-order chi connectivity index (χ1) is 8.86. The summed E-state index contributed by atoms with van der Waals surface area (Å²) in [7, 11) is 3.08. The average Bonchev–Trinajstić information content (AvgIpc) is 3.17. The number of amides is 3.